The van der Waals surface area contributed by atoms with Gasteiger partial charge in [0.1, 0.15) is 5.75 Å². The van der Waals surface area contributed by atoms with Crippen molar-refractivity contribution in [2.45, 2.75) is 4.90 Å². The minimum absolute atomic E-state index is 0.117. The minimum atomic E-state index is -0.117. The summed E-state index contributed by atoms with van der Waals surface area (Å²) in [4.78, 5) is 13.1. The first kappa shape index (κ1) is 15.3. The van der Waals surface area contributed by atoms with Crippen LogP contribution in [-0.4, -0.2) is 25.8 Å². The number of nitrogens with one attached hydrogen (secondary N) is 2. The second kappa shape index (κ2) is 7.59. The lowest BCUT2D eigenvalue weighted by molar-refractivity contribution is -0.114. The van der Waals surface area contributed by atoms with Gasteiger partial charge in [-0.05, 0) is 36.6 Å². The number of ether oxygens (including phenoxy) is 1. The van der Waals surface area contributed by atoms with Crippen molar-refractivity contribution in [3.8, 4) is 5.75 Å². The van der Waals surface area contributed by atoms with Gasteiger partial charge in [0.05, 0.1) is 19.3 Å². The molecule has 0 atom stereocenters. The summed E-state index contributed by atoms with van der Waals surface area (Å²) in [6, 6.07) is 15.3. The van der Waals surface area contributed by atoms with Crippen LogP contribution in [0.1, 0.15) is 0 Å². The lowest BCUT2D eigenvalue weighted by atomic mass is 10.3. The van der Waals surface area contributed by atoms with E-state index in [1.165, 1.54) is 0 Å². The predicted molar refractivity (Wildman–Crippen MR) is 88.3 cm³/mol. The fraction of sp³-hybridized carbons (Fsp3) is 0.188. The number of carbonyl (C=O) groups excluding carboxylic acids is 1. The van der Waals surface area contributed by atoms with Crippen LogP contribution in [0.3, 0.4) is 0 Å². The summed E-state index contributed by atoms with van der Waals surface area (Å²) in [6.07, 6.45) is 2.02. The molecule has 110 valence electrons. The zero-order valence-electron chi connectivity index (χ0n) is 12.1. The molecule has 2 N–H and O–H groups in total. The zero-order valence-corrected chi connectivity index (χ0v) is 12.9. The molecule has 5 heteroatoms. The molecule has 0 aliphatic rings. The van der Waals surface area contributed by atoms with Crippen LogP contribution in [0.4, 0.5) is 11.4 Å². The standard InChI is InChI=1S/C16H18N2O2S/c1-20-15-9-4-3-8-14(15)18-16(19)11-17-12-6-5-7-13(10-12)21-2/h3-10,17H,11H2,1-2H3,(H,18,19). The smallest absolute Gasteiger partial charge is 0.243 e. The molecule has 1 amide bonds. The van der Waals surface area contributed by atoms with Gasteiger partial charge < -0.3 is 15.4 Å². The number of para-hydroxylation sites is 2. The Bertz CT molecular complexity index is 617. The predicted octanol–water partition coefficient (Wildman–Crippen LogP) is 3.47. The molecule has 0 aromatic heterocycles. The Morgan fingerprint density at radius 3 is 2.76 bits per heavy atom. The molecule has 0 bridgehead atoms. The second-order valence-electron chi connectivity index (χ2n) is 4.33. The third kappa shape index (κ3) is 4.43. The molecule has 0 heterocycles. The van der Waals surface area contributed by atoms with Crippen molar-refractivity contribution in [1.82, 2.24) is 0 Å². The maximum atomic E-state index is 12.0. The van der Waals surface area contributed by atoms with Gasteiger partial charge in [-0.2, -0.15) is 0 Å². The number of amides is 1. The topological polar surface area (TPSA) is 50.4 Å². The van der Waals surface area contributed by atoms with Gasteiger partial charge in [0, 0.05) is 10.6 Å². The van der Waals surface area contributed by atoms with E-state index < -0.39 is 0 Å². The minimum Gasteiger partial charge on any atom is -0.495 e. The summed E-state index contributed by atoms with van der Waals surface area (Å²) in [5.74, 6) is 0.532. The molecule has 4 nitrogen and oxygen atoms in total. The molecular formula is C16H18N2O2S. The number of hydrogen-bond acceptors (Lipinski definition) is 4. The Kier molecular flexibility index (Phi) is 5.51. The van der Waals surface area contributed by atoms with Gasteiger partial charge in [0.25, 0.3) is 0 Å². The van der Waals surface area contributed by atoms with Crippen molar-refractivity contribution >= 4 is 29.0 Å². The molecule has 0 aliphatic heterocycles. The highest BCUT2D eigenvalue weighted by atomic mass is 32.2. The molecule has 0 aliphatic carbocycles. The van der Waals surface area contributed by atoms with Crippen LogP contribution in [-0.2, 0) is 4.79 Å². The molecule has 2 rings (SSSR count). The number of benzene rings is 2. The number of methoxy groups -OCH3 is 1. The average molecular weight is 302 g/mol. The van der Waals surface area contributed by atoms with E-state index in [2.05, 4.69) is 10.6 Å². The normalized spacial score (nSPS) is 10.0. The third-order valence-corrected chi connectivity index (χ3v) is 3.63. The van der Waals surface area contributed by atoms with Crippen LogP contribution < -0.4 is 15.4 Å². The average Bonchev–Trinajstić information content (AvgIpc) is 2.53. The van der Waals surface area contributed by atoms with E-state index in [9.17, 15) is 4.79 Å². The summed E-state index contributed by atoms with van der Waals surface area (Å²) in [6.45, 7) is 0.204. The maximum Gasteiger partial charge on any atom is 0.243 e. The van der Waals surface area contributed by atoms with E-state index in [0.717, 1.165) is 10.6 Å². The fourth-order valence-corrected chi connectivity index (χ4v) is 2.32. The SMILES string of the molecule is COc1ccccc1NC(=O)CNc1cccc(SC)c1. The van der Waals surface area contributed by atoms with E-state index in [0.29, 0.717) is 11.4 Å². The largest absolute Gasteiger partial charge is 0.495 e. The highest BCUT2D eigenvalue weighted by Crippen LogP contribution is 2.23. The summed E-state index contributed by atoms with van der Waals surface area (Å²) < 4.78 is 5.20. The number of hydrogen-bond donors (Lipinski definition) is 2. The number of rotatable bonds is 6. The highest BCUT2D eigenvalue weighted by Gasteiger charge is 2.06. The molecule has 0 spiro atoms. The van der Waals surface area contributed by atoms with E-state index >= 15 is 0 Å². The maximum absolute atomic E-state index is 12.0. The van der Waals surface area contributed by atoms with E-state index in [4.69, 9.17) is 4.74 Å². The first-order valence-corrected chi connectivity index (χ1v) is 7.76. The number of carbonyl (C=O) groups is 1. The Labute approximate surface area is 128 Å². The molecule has 0 saturated carbocycles. The third-order valence-electron chi connectivity index (χ3n) is 2.90. The van der Waals surface area contributed by atoms with Crippen LogP contribution in [0.2, 0.25) is 0 Å². The van der Waals surface area contributed by atoms with Gasteiger partial charge in [-0.1, -0.05) is 18.2 Å². The molecule has 0 fully saturated rings. The monoisotopic (exact) mass is 302 g/mol. The lowest BCUT2D eigenvalue weighted by Gasteiger charge is -2.11. The first-order valence-electron chi connectivity index (χ1n) is 6.53. The Morgan fingerprint density at radius 1 is 1.19 bits per heavy atom. The molecular weight excluding hydrogens is 284 g/mol. The van der Waals surface area contributed by atoms with Gasteiger partial charge in [0.15, 0.2) is 0 Å². The van der Waals surface area contributed by atoms with Crippen LogP contribution in [0.25, 0.3) is 0 Å². The molecule has 0 radical (unpaired) electrons. The number of thioether (sulfide) groups is 1. The molecule has 0 saturated heterocycles. The molecule has 2 aromatic carbocycles. The van der Waals surface area contributed by atoms with Crippen LogP contribution in [0.15, 0.2) is 53.4 Å². The van der Waals surface area contributed by atoms with Crippen molar-refractivity contribution in [3.05, 3.63) is 48.5 Å². The van der Waals surface area contributed by atoms with Crippen molar-refractivity contribution < 1.29 is 9.53 Å². The Morgan fingerprint density at radius 2 is 2.00 bits per heavy atom. The van der Waals surface area contributed by atoms with Crippen molar-refractivity contribution in [2.75, 3.05) is 30.5 Å². The van der Waals surface area contributed by atoms with Gasteiger partial charge in [0.2, 0.25) is 5.91 Å². The van der Waals surface area contributed by atoms with E-state index in [-0.39, 0.29) is 12.5 Å². The zero-order chi connectivity index (χ0) is 15.1. The quantitative estimate of drug-likeness (QED) is 0.802. The molecule has 0 unspecified atom stereocenters. The van der Waals surface area contributed by atoms with E-state index in [1.807, 2.05) is 54.8 Å². The lowest BCUT2D eigenvalue weighted by Crippen LogP contribution is -2.22. The van der Waals surface area contributed by atoms with Gasteiger partial charge in [-0.25, -0.2) is 0 Å². The van der Waals surface area contributed by atoms with Crippen LogP contribution in [0.5, 0.6) is 5.75 Å². The summed E-state index contributed by atoms with van der Waals surface area (Å²) in [5.41, 5.74) is 1.60. The summed E-state index contributed by atoms with van der Waals surface area (Å²) >= 11 is 1.67. The molecule has 2 aromatic rings. The van der Waals surface area contributed by atoms with Gasteiger partial charge in [-0.15, -0.1) is 11.8 Å². The van der Waals surface area contributed by atoms with Crippen molar-refractivity contribution in [3.63, 3.8) is 0 Å². The fourth-order valence-electron chi connectivity index (χ4n) is 1.86. The second-order valence-corrected chi connectivity index (χ2v) is 5.21. The highest BCUT2D eigenvalue weighted by molar-refractivity contribution is 7.98. The van der Waals surface area contributed by atoms with E-state index in [1.54, 1.807) is 18.9 Å². The molecule has 21 heavy (non-hydrogen) atoms. The Balaban J connectivity index is 1.92. The van der Waals surface area contributed by atoms with Crippen LogP contribution in [0, 0.1) is 0 Å². The summed E-state index contributed by atoms with van der Waals surface area (Å²) in [5, 5.41) is 5.94. The van der Waals surface area contributed by atoms with Gasteiger partial charge >= 0.3 is 0 Å². The van der Waals surface area contributed by atoms with Crippen molar-refractivity contribution in [1.29, 1.82) is 0 Å². The Hall–Kier alpha value is -2.14. The van der Waals surface area contributed by atoms with Gasteiger partial charge in [-0.3, -0.25) is 4.79 Å². The first-order chi connectivity index (χ1) is 10.2. The number of anilines is 2. The van der Waals surface area contributed by atoms with Crippen molar-refractivity contribution in [2.24, 2.45) is 0 Å². The summed E-state index contributed by atoms with van der Waals surface area (Å²) in [7, 11) is 1.58. The van der Waals surface area contributed by atoms with Crippen LogP contribution >= 0.6 is 11.8 Å².